The number of nitrogens with zero attached hydrogens (tertiary/aromatic N) is 3. The minimum atomic E-state index is -3.72. The quantitative estimate of drug-likeness (QED) is 0.584. The van der Waals surface area contributed by atoms with Crippen LogP contribution in [0.5, 0.6) is 0 Å². The Kier molecular flexibility index (Phi) is 6.05. The van der Waals surface area contributed by atoms with Gasteiger partial charge in [-0.2, -0.15) is 4.31 Å². The van der Waals surface area contributed by atoms with E-state index in [1.807, 2.05) is 29.1 Å². The molecule has 0 bridgehead atoms. The summed E-state index contributed by atoms with van der Waals surface area (Å²) < 4.78 is 29.6. The van der Waals surface area contributed by atoms with Crippen LogP contribution in [0, 0.1) is 0 Å². The van der Waals surface area contributed by atoms with E-state index in [4.69, 9.17) is 5.73 Å². The molecule has 2 aliphatic rings. The minimum absolute atomic E-state index is 0.0223. The summed E-state index contributed by atoms with van der Waals surface area (Å²) >= 11 is 1.69. The molecule has 1 aliphatic carbocycles. The maximum atomic E-state index is 13.7. The second kappa shape index (κ2) is 9.01. The van der Waals surface area contributed by atoms with Crippen LogP contribution in [0.15, 0.2) is 53.7 Å². The van der Waals surface area contributed by atoms with Crippen molar-refractivity contribution in [1.82, 2.24) is 13.8 Å². The molecule has 0 atom stereocenters. The van der Waals surface area contributed by atoms with Crippen molar-refractivity contribution in [2.45, 2.75) is 30.6 Å². The summed E-state index contributed by atoms with van der Waals surface area (Å²) in [5, 5.41) is 0.950. The zero-order valence-corrected chi connectivity index (χ0v) is 20.3. The highest BCUT2D eigenvalue weighted by Crippen LogP contribution is 2.37. The first kappa shape index (κ1) is 22.8. The second-order valence-electron chi connectivity index (χ2n) is 8.57. The molecule has 1 aromatic carbocycles. The summed E-state index contributed by atoms with van der Waals surface area (Å²) in [6.07, 6.45) is 8.05. The number of piperazine rings is 1. The number of hydrogen-bond acceptors (Lipinski definition) is 5. The van der Waals surface area contributed by atoms with E-state index in [1.165, 1.54) is 33.4 Å². The van der Waals surface area contributed by atoms with Gasteiger partial charge in [0.05, 0.1) is 10.5 Å². The third-order valence-electron chi connectivity index (χ3n) is 6.51. The highest BCUT2D eigenvalue weighted by Gasteiger charge is 2.34. The number of hydrogen-bond donors (Lipinski definition) is 1. The Morgan fingerprint density at radius 2 is 1.56 bits per heavy atom. The summed E-state index contributed by atoms with van der Waals surface area (Å²) in [6, 6.07) is 9.52. The fourth-order valence-corrected chi connectivity index (χ4v) is 7.42. The summed E-state index contributed by atoms with van der Waals surface area (Å²) in [4.78, 5) is 28.1. The first-order chi connectivity index (χ1) is 16.4. The number of amides is 2. The number of carbonyl (C=O) groups is 2. The van der Waals surface area contributed by atoms with Gasteiger partial charge in [-0.1, -0.05) is 0 Å². The Morgan fingerprint density at radius 3 is 2.21 bits per heavy atom. The van der Waals surface area contributed by atoms with Gasteiger partial charge in [0.2, 0.25) is 15.9 Å². The van der Waals surface area contributed by atoms with Crippen molar-refractivity contribution in [3.05, 3.63) is 70.4 Å². The average Bonchev–Trinajstić information content (AvgIpc) is 3.52. The van der Waals surface area contributed by atoms with E-state index in [1.54, 1.807) is 16.2 Å². The molecule has 178 valence electrons. The highest BCUT2D eigenvalue weighted by molar-refractivity contribution is 7.89. The van der Waals surface area contributed by atoms with Crippen molar-refractivity contribution in [3.63, 3.8) is 0 Å². The predicted octanol–water partition coefficient (Wildman–Crippen LogP) is 2.66. The van der Waals surface area contributed by atoms with E-state index < -0.39 is 15.9 Å². The number of aromatic nitrogens is 1. The van der Waals surface area contributed by atoms with Gasteiger partial charge >= 0.3 is 0 Å². The molecular formula is C24H26N4O4S2. The Morgan fingerprint density at radius 1 is 0.912 bits per heavy atom. The van der Waals surface area contributed by atoms with Crippen LogP contribution >= 0.6 is 11.3 Å². The van der Waals surface area contributed by atoms with Gasteiger partial charge in [0.25, 0.3) is 5.91 Å². The lowest BCUT2D eigenvalue weighted by Crippen LogP contribution is -2.50. The van der Waals surface area contributed by atoms with Gasteiger partial charge in [0.1, 0.15) is 5.00 Å². The second-order valence-corrected chi connectivity index (χ2v) is 11.6. The molecule has 0 radical (unpaired) electrons. The number of fused-ring (bicyclic) bond motifs is 1. The number of thiophene rings is 1. The van der Waals surface area contributed by atoms with Gasteiger partial charge in [-0.15, -0.1) is 11.3 Å². The highest BCUT2D eigenvalue weighted by atomic mass is 32.2. The molecule has 3 heterocycles. The standard InChI is InChI=1S/C24H26N4O4S2/c25-22(29)17-7-9-18(10-8-17)34(31,32)28-15-13-26(14-16-28)23(30)21-19-5-1-2-6-20(19)33-24(21)27-11-3-4-12-27/h3-4,7-12H,1-2,5-6,13-16H2,(H2,25,29). The van der Waals surface area contributed by atoms with E-state index in [0.717, 1.165) is 41.8 Å². The van der Waals surface area contributed by atoms with Crippen LogP contribution in [0.4, 0.5) is 0 Å². The molecule has 3 aromatic rings. The van der Waals surface area contributed by atoms with E-state index in [2.05, 4.69) is 0 Å². The maximum absolute atomic E-state index is 13.7. The Balaban J connectivity index is 1.35. The minimum Gasteiger partial charge on any atom is -0.366 e. The average molecular weight is 499 g/mol. The van der Waals surface area contributed by atoms with Crippen LogP contribution in [-0.2, 0) is 22.9 Å². The molecule has 0 saturated carbocycles. The largest absolute Gasteiger partial charge is 0.366 e. The third-order valence-corrected chi connectivity index (χ3v) is 9.73. The number of primary amides is 1. The SMILES string of the molecule is NC(=O)c1ccc(S(=O)(=O)N2CCN(C(=O)c3c(-n4cccc4)sc4c3CCCC4)CC2)cc1. The molecular weight excluding hydrogens is 472 g/mol. The summed E-state index contributed by atoms with van der Waals surface area (Å²) in [5.74, 6) is -0.628. The number of aryl methyl sites for hydroxylation is 1. The van der Waals surface area contributed by atoms with Gasteiger partial charge < -0.3 is 15.2 Å². The van der Waals surface area contributed by atoms with Gasteiger partial charge in [0.15, 0.2) is 0 Å². The third kappa shape index (κ3) is 4.06. The van der Waals surface area contributed by atoms with Crippen LogP contribution in [0.1, 0.15) is 44.0 Å². The molecule has 5 rings (SSSR count). The molecule has 0 spiro atoms. The molecule has 2 aromatic heterocycles. The van der Waals surface area contributed by atoms with Gasteiger partial charge in [-0.25, -0.2) is 8.42 Å². The number of carbonyl (C=O) groups excluding carboxylic acids is 2. The Labute approximate surface area is 202 Å². The molecule has 2 amide bonds. The van der Waals surface area contributed by atoms with E-state index in [-0.39, 0.29) is 29.5 Å². The van der Waals surface area contributed by atoms with E-state index >= 15 is 0 Å². The molecule has 1 fully saturated rings. The van der Waals surface area contributed by atoms with Crippen molar-refractivity contribution in [3.8, 4) is 5.00 Å². The number of sulfonamides is 1. The van der Waals surface area contributed by atoms with Crippen LogP contribution in [0.25, 0.3) is 5.00 Å². The monoisotopic (exact) mass is 498 g/mol. The number of rotatable bonds is 5. The molecule has 8 nitrogen and oxygen atoms in total. The zero-order chi connectivity index (χ0) is 23.9. The number of nitrogens with two attached hydrogens (primary N) is 1. The summed E-state index contributed by atoms with van der Waals surface area (Å²) in [6.45, 7) is 1.09. The topological polar surface area (TPSA) is 106 Å². The van der Waals surface area contributed by atoms with E-state index in [9.17, 15) is 18.0 Å². The molecule has 1 aliphatic heterocycles. The lowest BCUT2D eigenvalue weighted by atomic mass is 9.95. The Bertz CT molecular complexity index is 1320. The van der Waals surface area contributed by atoms with E-state index in [0.29, 0.717) is 13.1 Å². The normalized spacial score (nSPS) is 16.9. The number of benzene rings is 1. The first-order valence-electron chi connectivity index (χ1n) is 11.3. The van der Waals surface area contributed by atoms with Gasteiger partial charge in [-0.05, 0) is 67.6 Å². The van der Waals surface area contributed by atoms with Crippen LogP contribution < -0.4 is 5.73 Å². The van der Waals surface area contributed by atoms with Crippen molar-refractivity contribution in [2.75, 3.05) is 26.2 Å². The van der Waals surface area contributed by atoms with Crippen LogP contribution in [0.2, 0.25) is 0 Å². The lowest BCUT2D eigenvalue weighted by Gasteiger charge is -2.34. The summed E-state index contributed by atoms with van der Waals surface area (Å²) in [5.41, 5.74) is 7.44. The maximum Gasteiger partial charge on any atom is 0.257 e. The molecule has 0 unspecified atom stereocenters. The van der Waals surface area contributed by atoms with Crippen LogP contribution in [-0.4, -0.2) is 60.2 Å². The van der Waals surface area contributed by atoms with Crippen LogP contribution in [0.3, 0.4) is 0 Å². The van der Waals surface area contributed by atoms with Crippen molar-refractivity contribution >= 4 is 33.2 Å². The van der Waals surface area contributed by atoms with Crippen molar-refractivity contribution in [2.24, 2.45) is 5.73 Å². The Hall–Kier alpha value is -2.95. The molecule has 10 heteroatoms. The first-order valence-corrected chi connectivity index (χ1v) is 13.6. The lowest BCUT2D eigenvalue weighted by molar-refractivity contribution is 0.0697. The zero-order valence-electron chi connectivity index (χ0n) is 18.6. The molecule has 34 heavy (non-hydrogen) atoms. The van der Waals surface area contributed by atoms with Gasteiger partial charge in [-0.3, -0.25) is 9.59 Å². The fourth-order valence-electron chi connectivity index (χ4n) is 4.65. The van der Waals surface area contributed by atoms with Gasteiger partial charge in [0, 0.05) is 49.0 Å². The predicted molar refractivity (Wildman–Crippen MR) is 130 cm³/mol. The van der Waals surface area contributed by atoms with Crippen molar-refractivity contribution < 1.29 is 18.0 Å². The molecule has 1 saturated heterocycles. The smallest absolute Gasteiger partial charge is 0.257 e. The fraction of sp³-hybridized carbons (Fsp3) is 0.333. The van der Waals surface area contributed by atoms with Crippen molar-refractivity contribution in [1.29, 1.82) is 0 Å². The molecule has 2 N–H and O–H groups in total. The summed E-state index contributed by atoms with van der Waals surface area (Å²) in [7, 11) is -3.72.